The second kappa shape index (κ2) is 6.77. The van der Waals surface area contributed by atoms with E-state index in [4.69, 9.17) is 5.11 Å². The minimum atomic E-state index is -2.19. The van der Waals surface area contributed by atoms with Crippen LogP contribution in [0, 0.1) is 0 Å². The second-order valence-electron chi connectivity index (χ2n) is 5.94. The van der Waals surface area contributed by atoms with Crippen LogP contribution in [0.15, 0.2) is 36.4 Å². The molecule has 0 aliphatic carbocycles. The summed E-state index contributed by atoms with van der Waals surface area (Å²) >= 11 is 0. The van der Waals surface area contributed by atoms with Crippen LogP contribution in [0.1, 0.15) is 5.82 Å². The molecule has 0 radical (unpaired) electrons. The molecule has 0 unspecified atom stereocenters. The fourth-order valence-corrected chi connectivity index (χ4v) is 2.73. The number of hydrogen-bond acceptors (Lipinski definition) is 6. The average molecular weight is 346 g/mol. The fraction of sp³-hybridized carbons (Fsp3) is 0.294. The molecule has 25 heavy (non-hydrogen) atoms. The number of aliphatic hydroxyl groups excluding tert-OH is 4. The van der Waals surface area contributed by atoms with Crippen molar-refractivity contribution >= 4 is 27.8 Å². The number of aliphatic hydroxyl groups is 4. The predicted octanol–water partition coefficient (Wildman–Crippen LogP) is -0.213. The molecule has 6 N–H and O–H groups in total. The van der Waals surface area contributed by atoms with E-state index >= 15 is 0 Å². The van der Waals surface area contributed by atoms with E-state index in [2.05, 4.69) is 9.97 Å². The number of rotatable bonds is 6. The van der Waals surface area contributed by atoms with Gasteiger partial charge in [-0.3, -0.25) is 0 Å². The Morgan fingerprint density at radius 3 is 2.32 bits per heavy atom. The number of carboxylic acid groups (broad SMARTS) is 1. The Bertz CT molecular complexity index is 856. The van der Waals surface area contributed by atoms with E-state index < -0.39 is 30.4 Å². The molecule has 0 fully saturated rings. The van der Waals surface area contributed by atoms with Crippen molar-refractivity contribution < 1.29 is 30.3 Å². The maximum Gasteiger partial charge on any atom is 0.335 e. The number of aromatic nitrogens is 2. The first-order valence-electron chi connectivity index (χ1n) is 7.69. The molecule has 0 saturated carbocycles. The summed E-state index contributed by atoms with van der Waals surface area (Å²) < 4.78 is 0. The summed E-state index contributed by atoms with van der Waals surface area (Å²) in [5.74, 6) is -1.32. The monoisotopic (exact) mass is 346 g/mol. The Morgan fingerprint density at radius 2 is 1.68 bits per heavy atom. The minimum Gasteiger partial charge on any atom is -0.479 e. The van der Waals surface area contributed by atoms with Crippen molar-refractivity contribution in [1.29, 1.82) is 0 Å². The van der Waals surface area contributed by atoms with Gasteiger partial charge >= 0.3 is 5.97 Å². The number of nitrogens with one attached hydrogen (secondary N) is 1. The number of nitrogens with zero attached hydrogens (tertiary/aromatic N) is 1. The molecule has 0 saturated heterocycles. The molecule has 3 aromatic rings. The number of carboxylic acids is 1. The van der Waals surface area contributed by atoms with Crippen LogP contribution >= 0.6 is 0 Å². The van der Waals surface area contributed by atoms with Gasteiger partial charge in [0.15, 0.2) is 6.10 Å². The van der Waals surface area contributed by atoms with E-state index in [1.807, 2.05) is 36.4 Å². The molecule has 0 amide bonds. The van der Waals surface area contributed by atoms with Crippen molar-refractivity contribution in [2.45, 2.75) is 30.8 Å². The lowest BCUT2D eigenvalue weighted by Crippen LogP contribution is -2.48. The number of aliphatic carboxylic acids is 1. The van der Waals surface area contributed by atoms with Gasteiger partial charge in [-0.15, -0.1) is 0 Å². The largest absolute Gasteiger partial charge is 0.479 e. The predicted molar refractivity (Wildman–Crippen MR) is 89.0 cm³/mol. The van der Waals surface area contributed by atoms with Gasteiger partial charge in [-0.1, -0.05) is 24.3 Å². The molecule has 8 heteroatoms. The number of fused-ring (bicyclic) bond motifs is 2. The molecule has 0 aliphatic heterocycles. The van der Waals surface area contributed by atoms with E-state index in [0.717, 1.165) is 16.3 Å². The lowest BCUT2D eigenvalue weighted by molar-refractivity contribution is -0.162. The van der Waals surface area contributed by atoms with Crippen molar-refractivity contribution in [2.24, 2.45) is 0 Å². The lowest BCUT2D eigenvalue weighted by Gasteiger charge is -2.24. The highest BCUT2D eigenvalue weighted by Crippen LogP contribution is 2.22. The van der Waals surface area contributed by atoms with Crippen molar-refractivity contribution in [2.75, 3.05) is 0 Å². The van der Waals surface area contributed by atoms with Gasteiger partial charge in [-0.25, -0.2) is 9.78 Å². The summed E-state index contributed by atoms with van der Waals surface area (Å²) in [5.41, 5.74) is 1.43. The van der Waals surface area contributed by atoms with Crippen molar-refractivity contribution in [3.8, 4) is 0 Å². The van der Waals surface area contributed by atoms with E-state index in [0.29, 0.717) is 11.3 Å². The van der Waals surface area contributed by atoms with Crippen molar-refractivity contribution in [3.63, 3.8) is 0 Å². The Labute approximate surface area is 142 Å². The van der Waals surface area contributed by atoms with Crippen LogP contribution in [0.2, 0.25) is 0 Å². The second-order valence-corrected chi connectivity index (χ2v) is 5.94. The average Bonchev–Trinajstić information content (AvgIpc) is 2.98. The number of benzene rings is 2. The highest BCUT2D eigenvalue weighted by Gasteiger charge is 2.34. The van der Waals surface area contributed by atoms with Gasteiger partial charge in [0.1, 0.15) is 18.0 Å². The summed E-state index contributed by atoms with van der Waals surface area (Å²) in [6, 6.07) is 11.5. The molecule has 0 spiro atoms. The molecule has 3 rings (SSSR count). The standard InChI is InChI=1S/C17H18N2O6/c20-12(14(21)15(22)16(23)17(24)25)7-13-18-10-5-8-3-1-2-4-9(8)6-11(10)19-13/h1-6,12,14-16,20-23H,7H2,(H,18,19)(H,24,25)/t12-,14+,15-,16-/m0/s1. The lowest BCUT2D eigenvalue weighted by atomic mass is 10.0. The third-order valence-electron chi connectivity index (χ3n) is 4.12. The number of carbonyl (C=O) groups is 1. The first-order chi connectivity index (χ1) is 11.9. The van der Waals surface area contributed by atoms with Gasteiger partial charge in [0.05, 0.1) is 17.1 Å². The molecule has 0 bridgehead atoms. The molecule has 0 aliphatic rings. The van der Waals surface area contributed by atoms with Crippen LogP contribution in [-0.4, -0.2) is 65.9 Å². The van der Waals surface area contributed by atoms with E-state index in [-0.39, 0.29) is 6.42 Å². The number of imidazole rings is 1. The molecule has 2 aromatic carbocycles. The third kappa shape index (κ3) is 3.47. The molecule has 1 heterocycles. The van der Waals surface area contributed by atoms with E-state index in [1.165, 1.54) is 0 Å². The summed E-state index contributed by atoms with van der Waals surface area (Å²) in [5, 5.41) is 49.4. The van der Waals surface area contributed by atoms with Gasteiger partial charge in [0, 0.05) is 6.42 Å². The molecule has 1 aromatic heterocycles. The first-order valence-corrected chi connectivity index (χ1v) is 7.69. The maximum absolute atomic E-state index is 10.6. The van der Waals surface area contributed by atoms with E-state index in [9.17, 15) is 25.2 Å². The summed E-state index contributed by atoms with van der Waals surface area (Å²) in [4.78, 5) is 18.0. The Hall–Kier alpha value is -2.52. The smallest absolute Gasteiger partial charge is 0.335 e. The minimum absolute atomic E-state index is 0.143. The van der Waals surface area contributed by atoms with Gasteiger partial charge in [-0.2, -0.15) is 0 Å². The fourth-order valence-electron chi connectivity index (χ4n) is 2.73. The van der Waals surface area contributed by atoms with Crippen LogP contribution in [-0.2, 0) is 11.2 Å². The summed E-state index contributed by atoms with van der Waals surface area (Å²) in [7, 11) is 0. The number of H-pyrrole nitrogens is 1. The zero-order valence-corrected chi connectivity index (χ0v) is 13.1. The first kappa shape index (κ1) is 17.3. The number of aromatic amines is 1. The zero-order chi connectivity index (χ0) is 18.1. The highest BCUT2D eigenvalue weighted by atomic mass is 16.4. The van der Waals surface area contributed by atoms with Crippen LogP contribution in [0.4, 0.5) is 0 Å². The number of hydrogen-bond donors (Lipinski definition) is 6. The molecule has 8 nitrogen and oxygen atoms in total. The summed E-state index contributed by atoms with van der Waals surface area (Å²) in [6.45, 7) is 0. The van der Waals surface area contributed by atoms with Crippen LogP contribution in [0.25, 0.3) is 21.8 Å². The molecular weight excluding hydrogens is 328 g/mol. The van der Waals surface area contributed by atoms with E-state index in [1.54, 1.807) is 0 Å². The zero-order valence-electron chi connectivity index (χ0n) is 13.1. The Morgan fingerprint density at radius 1 is 1.04 bits per heavy atom. The van der Waals surface area contributed by atoms with Crippen LogP contribution < -0.4 is 0 Å². The van der Waals surface area contributed by atoms with Gasteiger partial charge in [0.25, 0.3) is 0 Å². The Balaban J connectivity index is 1.80. The van der Waals surface area contributed by atoms with Gasteiger partial charge in [-0.05, 0) is 22.9 Å². The SMILES string of the molecule is O=C(O)[C@@H](O)[C@@H](O)[C@H](O)[C@@H](O)Cc1nc2cc3ccccc3cc2[nH]1. The maximum atomic E-state index is 10.6. The topological polar surface area (TPSA) is 147 Å². The van der Waals surface area contributed by atoms with Gasteiger partial charge in [0.2, 0.25) is 0 Å². The molecular formula is C17H18N2O6. The third-order valence-corrected chi connectivity index (χ3v) is 4.12. The molecule has 132 valence electrons. The van der Waals surface area contributed by atoms with Crippen LogP contribution in [0.3, 0.4) is 0 Å². The summed E-state index contributed by atoms with van der Waals surface area (Å²) in [6.07, 6.45) is -7.68. The quantitative estimate of drug-likeness (QED) is 0.362. The normalized spacial score (nSPS) is 16.6. The van der Waals surface area contributed by atoms with Crippen LogP contribution in [0.5, 0.6) is 0 Å². The Kier molecular flexibility index (Phi) is 4.69. The van der Waals surface area contributed by atoms with Gasteiger partial charge < -0.3 is 30.5 Å². The van der Waals surface area contributed by atoms with Crippen molar-refractivity contribution in [3.05, 3.63) is 42.2 Å². The molecule has 4 atom stereocenters. The highest BCUT2D eigenvalue weighted by molar-refractivity contribution is 5.95. The van der Waals surface area contributed by atoms with Crippen molar-refractivity contribution in [1.82, 2.24) is 9.97 Å².